The Hall–Kier alpha value is -0.580. The molecule has 4 nitrogen and oxygen atoms in total. The van der Waals surface area contributed by atoms with Gasteiger partial charge < -0.3 is 10.4 Å². The summed E-state index contributed by atoms with van der Waals surface area (Å²) in [7, 11) is 0. The van der Waals surface area contributed by atoms with Crippen LogP contribution in [0.5, 0.6) is 0 Å². The highest BCUT2D eigenvalue weighted by Gasteiger charge is 2.13. The normalized spacial score (nSPS) is 14.9. The number of aliphatic hydroxyl groups is 1. The molecule has 5 heteroatoms. The second-order valence-corrected chi connectivity index (χ2v) is 4.91. The Balaban J connectivity index is 2.62. The Kier molecular flexibility index (Phi) is 5.43. The molecule has 1 heterocycles. The maximum absolute atomic E-state index is 9.30. The minimum atomic E-state index is -0.286. The molecule has 98 valence electrons. The lowest BCUT2D eigenvalue weighted by Crippen LogP contribution is -2.29. The molecular weight excluding hydrogens is 238 g/mol. The Morgan fingerprint density at radius 3 is 2.65 bits per heavy atom. The van der Waals surface area contributed by atoms with E-state index in [1.165, 1.54) is 0 Å². The molecular formula is C12H22ClN3O. The lowest BCUT2D eigenvalue weighted by molar-refractivity contribution is 0.170. The van der Waals surface area contributed by atoms with Gasteiger partial charge in [-0.2, -0.15) is 5.10 Å². The van der Waals surface area contributed by atoms with Gasteiger partial charge in [-0.05, 0) is 34.1 Å². The summed E-state index contributed by atoms with van der Waals surface area (Å²) in [5.74, 6) is 0. The smallest absolute Gasteiger partial charge is 0.0860 e. The van der Waals surface area contributed by atoms with Crippen molar-refractivity contribution in [3.63, 3.8) is 0 Å². The number of rotatable bonds is 6. The summed E-state index contributed by atoms with van der Waals surface area (Å²) in [4.78, 5) is 0. The van der Waals surface area contributed by atoms with Gasteiger partial charge in [0.05, 0.1) is 22.5 Å². The minimum Gasteiger partial charge on any atom is -0.393 e. The number of hydrogen-bond acceptors (Lipinski definition) is 3. The van der Waals surface area contributed by atoms with Crippen LogP contribution in [0.4, 0.5) is 0 Å². The van der Waals surface area contributed by atoms with Gasteiger partial charge in [0.15, 0.2) is 0 Å². The first-order valence-electron chi connectivity index (χ1n) is 6.08. The Morgan fingerprint density at radius 1 is 1.47 bits per heavy atom. The van der Waals surface area contributed by atoms with Gasteiger partial charge in [-0.3, -0.25) is 4.68 Å². The van der Waals surface area contributed by atoms with E-state index in [4.69, 9.17) is 11.6 Å². The number of nitrogens with one attached hydrogen (secondary N) is 1. The number of aliphatic hydroxyl groups excluding tert-OH is 1. The predicted octanol–water partition coefficient (Wildman–Crippen LogP) is 2.11. The number of hydrogen-bond donors (Lipinski definition) is 2. The van der Waals surface area contributed by atoms with Crippen molar-refractivity contribution >= 4 is 11.6 Å². The van der Waals surface area contributed by atoms with Crippen LogP contribution in [0.1, 0.15) is 38.6 Å². The molecule has 0 saturated carbocycles. The van der Waals surface area contributed by atoms with E-state index >= 15 is 0 Å². The maximum Gasteiger partial charge on any atom is 0.0860 e. The molecule has 1 rings (SSSR count). The quantitative estimate of drug-likeness (QED) is 0.823. The Bertz CT molecular complexity index is 363. The zero-order valence-electron chi connectivity index (χ0n) is 11.0. The van der Waals surface area contributed by atoms with Crippen LogP contribution in [0, 0.1) is 6.92 Å². The highest BCUT2D eigenvalue weighted by molar-refractivity contribution is 6.31. The standard InChI is InChI=1S/C12H22ClN3O/c1-5-16-11(12(13)10(4)15-16)7-14-8(2)6-9(3)17/h8-9,14,17H,5-7H2,1-4H3. The average Bonchev–Trinajstić information content (AvgIpc) is 2.51. The van der Waals surface area contributed by atoms with E-state index in [0.29, 0.717) is 6.54 Å². The van der Waals surface area contributed by atoms with Gasteiger partial charge in [0.25, 0.3) is 0 Å². The van der Waals surface area contributed by atoms with Crippen LogP contribution in [-0.4, -0.2) is 27.0 Å². The van der Waals surface area contributed by atoms with Crippen molar-refractivity contribution in [2.75, 3.05) is 0 Å². The molecule has 1 aromatic rings. The SMILES string of the molecule is CCn1nc(C)c(Cl)c1CNC(C)CC(C)O. The Labute approximate surface area is 108 Å². The van der Waals surface area contributed by atoms with Crippen molar-refractivity contribution in [1.82, 2.24) is 15.1 Å². The zero-order valence-corrected chi connectivity index (χ0v) is 11.8. The third-order valence-corrected chi connectivity index (χ3v) is 3.26. The van der Waals surface area contributed by atoms with Crippen LogP contribution in [0.3, 0.4) is 0 Å². The second kappa shape index (κ2) is 6.38. The van der Waals surface area contributed by atoms with E-state index in [1.54, 1.807) is 6.92 Å². The maximum atomic E-state index is 9.30. The van der Waals surface area contributed by atoms with Crippen molar-refractivity contribution in [3.05, 3.63) is 16.4 Å². The van der Waals surface area contributed by atoms with Crippen LogP contribution in [0.15, 0.2) is 0 Å². The molecule has 0 saturated heterocycles. The van der Waals surface area contributed by atoms with E-state index in [9.17, 15) is 5.11 Å². The molecule has 0 aliphatic carbocycles. The van der Waals surface area contributed by atoms with Gasteiger partial charge in [0, 0.05) is 19.1 Å². The first kappa shape index (κ1) is 14.5. The minimum absolute atomic E-state index is 0.256. The van der Waals surface area contributed by atoms with Crippen molar-refractivity contribution in [3.8, 4) is 0 Å². The van der Waals surface area contributed by atoms with E-state index in [2.05, 4.69) is 17.3 Å². The third kappa shape index (κ3) is 3.98. The zero-order chi connectivity index (χ0) is 13.0. The van der Waals surface area contributed by atoms with Gasteiger partial charge in [0.2, 0.25) is 0 Å². The number of halogens is 1. The topological polar surface area (TPSA) is 50.1 Å². The van der Waals surface area contributed by atoms with Gasteiger partial charge >= 0.3 is 0 Å². The molecule has 2 unspecified atom stereocenters. The van der Waals surface area contributed by atoms with Crippen LogP contribution in [-0.2, 0) is 13.1 Å². The average molecular weight is 260 g/mol. The van der Waals surface area contributed by atoms with E-state index in [1.807, 2.05) is 18.5 Å². The van der Waals surface area contributed by atoms with Crippen molar-refractivity contribution in [2.24, 2.45) is 0 Å². The lowest BCUT2D eigenvalue weighted by Gasteiger charge is -2.16. The molecule has 0 aliphatic heterocycles. The molecule has 0 radical (unpaired) electrons. The second-order valence-electron chi connectivity index (χ2n) is 4.53. The highest BCUT2D eigenvalue weighted by atomic mass is 35.5. The first-order chi connectivity index (χ1) is 7.95. The fourth-order valence-corrected chi connectivity index (χ4v) is 2.11. The largest absolute Gasteiger partial charge is 0.393 e. The molecule has 1 aromatic heterocycles. The number of aryl methyl sites for hydroxylation is 2. The van der Waals surface area contributed by atoms with E-state index in [-0.39, 0.29) is 12.1 Å². The molecule has 2 N–H and O–H groups in total. The molecule has 0 fully saturated rings. The number of nitrogens with zero attached hydrogens (tertiary/aromatic N) is 2. The van der Waals surface area contributed by atoms with E-state index < -0.39 is 0 Å². The van der Waals surface area contributed by atoms with Crippen LogP contribution in [0.2, 0.25) is 5.02 Å². The fraction of sp³-hybridized carbons (Fsp3) is 0.750. The van der Waals surface area contributed by atoms with Gasteiger partial charge in [0.1, 0.15) is 0 Å². The van der Waals surface area contributed by atoms with Gasteiger partial charge in [-0.15, -0.1) is 0 Å². The van der Waals surface area contributed by atoms with Crippen molar-refractivity contribution in [1.29, 1.82) is 0 Å². The fourth-order valence-electron chi connectivity index (χ4n) is 1.90. The Morgan fingerprint density at radius 2 is 2.12 bits per heavy atom. The summed E-state index contributed by atoms with van der Waals surface area (Å²) < 4.78 is 1.92. The van der Waals surface area contributed by atoms with Crippen LogP contribution >= 0.6 is 11.6 Å². The summed E-state index contributed by atoms with van der Waals surface area (Å²) in [5, 5.41) is 17.8. The predicted molar refractivity (Wildman–Crippen MR) is 70.2 cm³/mol. The molecule has 0 spiro atoms. The summed E-state index contributed by atoms with van der Waals surface area (Å²) >= 11 is 6.21. The first-order valence-corrected chi connectivity index (χ1v) is 6.46. The van der Waals surface area contributed by atoms with Crippen LogP contribution < -0.4 is 5.32 Å². The molecule has 0 bridgehead atoms. The molecule has 0 aromatic carbocycles. The third-order valence-electron chi connectivity index (χ3n) is 2.77. The molecule has 17 heavy (non-hydrogen) atoms. The monoisotopic (exact) mass is 259 g/mol. The molecule has 2 atom stereocenters. The summed E-state index contributed by atoms with van der Waals surface area (Å²) in [6.07, 6.45) is 0.447. The summed E-state index contributed by atoms with van der Waals surface area (Å²) in [5.41, 5.74) is 1.89. The van der Waals surface area contributed by atoms with Crippen molar-refractivity contribution < 1.29 is 5.11 Å². The molecule has 0 amide bonds. The summed E-state index contributed by atoms with van der Waals surface area (Å²) in [6.45, 7) is 9.31. The van der Waals surface area contributed by atoms with Gasteiger partial charge in [-0.25, -0.2) is 0 Å². The lowest BCUT2D eigenvalue weighted by atomic mass is 10.1. The van der Waals surface area contributed by atoms with Gasteiger partial charge in [-0.1, -0.05) is 11.6 Å². The van der Waals surface area contributed by atoms with E-state index in [0.717, 1.165) is 29.4 Å². The van der Waals surface area contributed by atoms with Crippen LogP contribution in [0.25, 0.3) is 0 Å². The molecule has 0 aliphatic rings. The summed E-state index contributed by atoms with van der Waals surface area (Å²) in [6, 6.07) is 0.256. The number of aromatic nitrogens is 2. The highest BCUT2D eigenvalue weighted by Crippen LogP contribution is 2.20. The van der Waals surface area contributed by atoms with Crippen molar-refractivity contribution in [2.45, 2.75) is 59.4 Å².